The first-order chi connectivity index (χ1) is 18.5. The summed E-state index contributed by atoms with van der Waals surface area (Å²) in [4.78, 5) is 23.8. The van der Waals surface area contributed by atoms with Crippen molar-refractivity contribution in [2.45, 2.75) is 31.9 Å². The largest absolute Gasteiger partial charge is 0.573 e. The van der Waals surface area contributed by atoms with Crippen LogP contribution in [0.25, 0.3) is 21.8 Å². The lowest BCUT2D eigenvalue weighted by Gasteiger charge is -2.23. The number of hydrogen-bond acceptors (Lipinski definition) is 6. The van der Waals surface area contributed by atoms with Crippen LogP contribution in [-0.2, 0) is 4.74 Å². The van der Waals surface area contributed by atoms with Crippen molar-refractivity contribution in [2.75, 3.05) is 20.7 Å². The molecule has 0 N–H and O–H groups in total. The third kappa shape index (κ3) is 5.13. The van der Waals surface area contributed by atoms with Gasteiger partial charge in [0, 0.05) is 43.2 Å². The average Bonchev–Trinajstić information content (AvgIpc) is 3.35. The van der Waals surface area contributed by atoms with Crippen LogP contribution in [0.1, 0.15) is 41.4 Å². The summed E-state index contributed by atoms with van der Waals surface area (Å²) in [5.41, 5.74) is -1.13. The van der Waals surface area contributed by atoms with Gasteiger partial charge in [0.05, 0.1) is 23.8 Å². The van der Waals surface area contributed by atoms with E-state index in [4.69, 9.17) is 4.74 Å². The van der Waals surface area contributed by atoms with Crippen LogP contribution in [-0.4, -0.2) is 58.9 Å². The number of fused-ring (bicyclic) bond motifs is 2. The molecule has 1 aliphatic rings. The standard InChI is InChI=1S/C26H22F5N5O3/c1-35(2)13-33-22-14-6-5-8-32-23(14)19(39-26(29,30)31)11-16(22)25(37)15-10-18(27)21(28)24-17(15)12-34-36(24)20-7-3-4-9-38-20/h5-6,8,10-13,20H,3-4,7,9H2,1-2H3. The molecule has 0 saturated carbocycles. The minimum Gasteiger partial charge on any atom is -0.403 e. The Morgan fingerprint density at radius 1 is 1.21 bits per heavy atom. The number of pyridine rings is 1. The molecule has 0 bridgehead atoms. The van der Waals surface area contributed by atoms with E-state index in [1.165, 1.54) is 35.5 Å². The molecule has 0 amide bonds. The van der Waals surface area contributed by atoms with Crippen LogP contribution in [0.2, 0.25) is 0 Å². The molecule has 1 fully saturated rings. The molecule has 2 aromatic heterocycles. The van der Waals surface area contributed by atoms with E-state index in [2.05, 4.69) is 19.8 Å². The average molecular weight is 547 g/mol. The molecule has 0 radical (unpaired) electrons. The number of benzene rings is 2. The zero-order valence-corrected chi connectivity index (χ0v) is 20.8. The van der Waals surface area contributed by atoms with E-state index in [1.54, 1.807) is 19.0 Å². The summed E-state index contributed by atoms with van der Waals surface area (Å²) in [6.07, 6.45) is 0.191. The number of alkyl halides is 3. The quantitative estimate of drug-likeness (QED) is 0.129. The fourth-order valence-electron chi connectivity index (χ4n) is 4.52. The lowest BCUT2D eigenvalue weighted by atomic mass is 9.96. The summed E-state index contributed by atoms with van der Waals surface area (Å²) in [6, 6.07) is 4.46. The molecule has 2 aromatic carbocycles. The number of nitrogens with zero attached hydrogens (tertiary/aromatic N) is 5. The Balaban J connectivity index is 1.75. The van der Waals surface area contributed by atoms with E-state index >= 15 is 4.39 Å². The number of carbonyl (C=O) groups excluding carboxylic acids is 1. The highest BCUT2D eigenvalue weighted by Gasteiger charge is 2.34. The predicted octanol–water partition coefficient (Wildman–Crippen LogP) is 5.91. The van der Waals surface area contributed by atoms with Crippen molar-refractivity contribution in [3.8, 4) is 5.75 Å². The molecule has 1 unspecified atom stereocenters. The van der Waals surface area contributed by atoms with Gasteiger partial charge in [0.1, 0.15) is 11.0 Å². The number of ketones is 1. The maximum absolute atomic E-state index is 15.1. The zero-order chi connectivity index (χ0) is 27.9. The van der Waals surface area contributed by atoms with Gasteiger partial charge >= 0.3 is 6.36 Å². The van der Waals surface area contributed by atoms with Gasteiger partial charge in [-0.2, -0.15) is 5.10 Å². The summed E-state index contributed by atoms with van der Waals surface area (Å²) >= 11 is 0. The van der Waals surface area contributed by atoms with Gasteiger partial charge in [-0.3, -0.25) is 9.78 Å². The van der Waals surface area contributed by atoms with Crippen molar-refractivity contribution >= 4 is 39.6 Å². The third-order valence-electron chi connectivity index (χ3n) is 6.16. The van der Waals surface area contributed by atoms with Crippen LogP contribution < -0.4 is 4.74 Å². The maximum Gasteiger partial charge on any atom is 0.573 e. The molecule has 0 spiro atoms. The molecule has 1 saturated heterocycles. The van der Waals surface area contributed by atoms with Crippen LogP contribution in [0.3, 0.4) is 0 Å². The second kappa shape index (κ2) is 10.2. The highest BCUT2D eigenvalue weighted by atomic mass is 19.4. The first-order valence-corrected chi connectivity index (χ1v) is 11.9. The Morgan fingerprint density at radius 3 is 2.69 bits per heavy atom. The zero-order valence-electron chi connectivity index (χ0n) is 20.8. The minimum absolute atomic E-state index is 0.0211. The molecule has 204 valence electrons. The molecule has 39 heavy (non-hydrogen) atoms. The van der Waals surface area contributed by atoms with Crippen molar-refractivity contribution in [2.24, 2.45) is 4.99 Å². The second-order valence-electron chi connectivity index (χ2n) is 9.15. The number of aromatic nitrogens is 3. The van der Waals surface area contributed by atoms with E-state index in [0.29, 0.717) is 19.1 Å². The number of aliphatic imine (C=N–C) groups is 1. The van der Waals surface area contributed by atoms with E-state index in [9.17, 15) is 22.4 Å². The van der Waals surface area contributed by atoms with Crippen molar-refractivity contribution in [3.05, 3.63) is 59.4 Å². The molecule has 5 rings (SSSR count). The number of hydrogen-bond donors (Lipinski definition) is 0. The summed E-state index contributed by atoms with van der Waals surface area (Å²) < 4.78 is 80.8. The summed E-state index contributed by atoms with van der Waals surface area (Å²) in [7, 11) is 3.32. The van der Waals surface area contributed by atoms with Gasteiger partial charge in [0.2, 0.25) is 0 Å². The predicted molar refractivity (Wildman–Crippen MR) is 132 cm³/mol. The minimum atomic E-state index is -5.09. The number of rotatable bonds is 6. The molecule has 1 atom stereocenters. The summed E-state index contributed by atoms with van der Waals surface area (Å²) in [5, 5.41) is 4.23. The fourth-order valence-corrected chi connectivity index (χ4v) is 4.52. The summed E-state index contributed by atoms with van der Waals surface area (Å²) in [5.74, 6) is -4.19. The molecule has 8 nitrogen and oxygen atoms in total. The second-order valence-corrected chi connectivity index (χ2v) is 9.15. The van der Waals surface area contributed by atoms with Gasteiger partial charge in [-0.05, 0) is 43.5 Å². The lowest BCUT2D eigenvalue weighted by molar-refractivity contribution is -0.274. The molecule has 4 aromatic rings. The van der Waals surface area contributed by atoms with Crippen LogP contribution in [0.5, 0.6) is 5.75 Å². The fraction of sp³-hybridized carbons (Fsp3) is 0.308. The Bertz CT molecular complexity index is 1590. The van der Waals surface area contributed by atoms with Gasteiger partial charge < -0.3 is 14.4 Å². The highest BCUT2D eigenvalue weighted by Crippen LogP contribution is 2.40. The summed E-state index contributed by atoms with van der Waals surface area (Å²) in [6.45, 7) is 0.412. The number of ether oxygens (including phenoxy) is 2. The molecule has 0 aliphatic carbocycles. The van der Waals surface area contributed by atoms with Gasteiger partial charge in [-0.1, -0.05) is 0 Å². The van der Waals surface area contributed by atoms with E-state index in [-0.39, 0.29) is 38.6 Å². The Hall–Kier alpha value is -4.13. The SMILES string of the molecule is CN(C)C=Nc1c(C(=O)c2cc(F)c(F)c3c2cnn3C2CCCCO2)cc(OC(F)(F)F)c2ncccc12. The van der Waals surface area contributed by atoms with Crippen LogP contribution >= 0.6 is 0 Å². The van der Waals surface area contributed by atoms with E-state index in [1.807, 2.05) is 0 Å². The van der Waals surface area contributed by atoms with Crippen molar-refractivity contribution in [3.63, 3.8) is 0 Å². The van der Waals surface area contributed by atoms with Gasteiger partial charge in [-0.25, -0.2) is 18.5 Å². The Labute approximate surface area is 218 Å². The smallest absolute Gasteiger partial charge is 0.403 e. The molecular weight excluding hydrogens is 525 g/mol. The Morgan fingerprint density at radius 2 is 2.00 bits per heavy atom. The molecule has 13 heteroatoms. The Kier molecular flexibility index (Phi) is 6.93. The van der Waals surface area contributed by atoms with Gasteiger partial charge in [-0.15, -0.1) is 13.2 Å². The molecule has 1 aliphatic heterocycles. The molecular formula is C26H22F5N5O3. The van der Waals surface area contributed by atoms with Crippen molar-refractivity contribution < 1.29 is 36.2 Å². The maximum atomic E-state index is 15.1. The van der Waals surface area contributed by atoms with E-state index < -0.39 is 35.8 Å². The third-order valence-corrected chi connectivity index (χ3v) is 6.16. The van der Waals surface area contributed by atoms with E-state index in [0.717, 1.165) is 18.9 Å². The number of halogens is 5. The lowest BCUT2D eigenvalue weighted by Crippen LogP contribution is -2.19. The monoisotopic (exact) mass is 547 g/mol. The number of carbonyl (C=O) groups is 1. The van der Waals surface area contributed by atoms with Crippen LogP contribution in [0.4, 0.5) is 27.6 Å². The van der Waals surface area contributed by atoms with Crippen molar-refractivity contribution in [1.29, 1.82) is 0 Å². The first kappa shape index (κ1) is 26.5. The van der Waals surface area contributed by atoms with Crippen LogP contribution in [0, 0.1) is 11.6 Å². The topological polar surface area (TPSA) is 81.8 Å². The van der Waals surface area contributed by atoms with Crippen molar-refractivity contribution in [1.82, 2.24) is 19.7 Å². The van der Waals surface area contributed by atoms with Crippen LogP contribution in [0.15, 0.2) is 41.7 Å². The highest BCUT2D eigenvalue weighted by molar-refractivity contribution is 6.21. The normalized spacial score (nSPS) is 16.3. The van der Waals surface area contributed by atoms with Gasteiger partial charge in [0.25, 0.3) is 0 Å². The van der Waals surface area contributed by atoms with Gasteiger partial charge in [0.15, 0.2) is 29.4 Å². The first-order valence-electron chi connectivity index (χ1n) is 11.9. The molecule has 3 heterocycles.